The number of benzene rings is 2. The number of hydrogen-bond acceptors (Lipinski definition) is 6. The van der Waals surface area contributed by atoms with E-state index in [1.165, 1.54) is 6.92 Å². The fourth-order valence-corrected chi connectivity index (χ4v) is 2.70. The lowest BCUT2D eigenvalue weighted by molar-refractivity contribution is -0.149. The molecule has 166 valence electrons. The Labute approximate surface area is 182 Å². The van der Waals surface area contributed by atoms with Crippen molar-refractivity contribution in [1.82, 2.24) is 10.6 Å². The molecule has 0 aliphatic heterocycles. The van der Waals surface area contributed by atoms with Crippen LogP contribution in [0.15, 0.2) is 60.7 Å². The van der Waals surface area contributed by atoms with Crippen LogP contribution in [0.1, 0.15) is 30.9 Å². The zero-order chi connectivity index (χ0) is 22.5. The van der Waals surface area contributed by atoms with Crippen LogP contribution in [0, 0.1) is 0 Å². The fourth-order valence-electron chi connectivity index (χ4n) is 2.70. The molecule has 31 heavy (non-hydrogen) atoms. The summed E-state index contributed by atoms with van der Waals surface area (Å²) in [7, 11) is 0. The van der Waals surface area contributed by atoms with Gasteiger partial charge in [-0.1, -0.05) is 60.7 Å². The normalized spacial score (nSPS) is 12.3. The Kier molecular flexibility index (Phi) is 10.0. The first-order chi connectivity index (χ1) is 15.0. The number of esters is 1. The summed E-state index contributed by atoms with van der Waals surface area (Å²) in [5.74, 6) is -1.07. The molecule has 0 spiro atoms. The first-order valence-corrected chi connectivity index (χ1v) is 10.2. The molecular weight excluding hydrogens is 398 g/mol. The number of nitrogens with one attached hydrogen (secondary N) is 2. The highest BCUT2D eigenvalue weighted by molar-refractivity contribution is 5.89. The van der Waals surface area contributed by atoms with Gasteiger partial charge in [-0.15, -0.1) is 0 Å². The van der Waals surface area contributed by atoms with Crippen LogP contribution < -0.4 is 16.4 Å². The van der Waals surface area contributed by atoms with Crippen molar-refractivity contribution in [2.75, 3.05) is 6.54 Å². The van der Waals surface area contributed by atoms with Crippen LogP contribution in [0.25, 0.3) is 0 Å². The number of hydrogen-bond donors (Lipinski definition) is 3. The number of carbonyl (C=O) groups excluding carboxylic acids is 3. The van der Waals surface area contributed by atoms with Crippen molar-refractivity contribution in [3.8, 4) is 0 Å². The number of ether oxygens (including phenoxy) is 2. The number of nitrogens with two attached hydrogens (primary N) is 1. The molecule has 0 saturated carbocycles. The van der Waals surface area contributed by atoms with Crippen molar-refractivity contribution in [2.45, 2.75) is 45.1 Å². The molecule has 2 rings (SSSR count). The molecule has 0 fully saturated rings. The molecule has 0 bridgehead atoms. The molecular formula is C23H29N3O5. The molecule has 4 N–H and O–H groups in total. The number of rotatable bonds is 11. The highest BCUT2D eigenvalue weighted by Crippen LogP contribution is 2.06. The van der Waals surface area contributed by atoms with Gasteiger partial charge in [-0.05, 0) is 37.4 Å². The van der Waals surface area contributed by atoms with Gasteiger partial charge in [0.15, 0.2) is 0 Å². The smallest absolute Gasteiger partial charge is 0.408 e. The van der Waals surface area contributed by atoms with Crippen molar-refractivity contribution in [1.29, 1.82) is 0 Å². The van der Waals surface area contributed by atoms with E-state index in [9.17, 15) is 14.4 Å². The molecule has 2 atom stereocenters. The van der Waals surface area contributed by atoms with E-state index in [4.69, 9.17) is 15.2 Å². The molecule has 8 heteroatoms. The fraction of sp³-hybridized carbons (Fsp3) is 0.348. The largest absolute Gasteiger partial charge is 0.459 e. The van der Waals surface area contributed by atoms with E-state index in [1.54, 1.807) is 0 Å². The molecule has 0 saturated heterocycles. The number of alkyl carbamates (subject to hydrolysis) is 1. The van der Waals surface area contributed by atoms with Gasteiger partial charge in [0.25, 0.3) is 0 Å². The summed E-state index contributed by atoms with van der Waals surface area (Å²) in [6.07, 6.45) is 0.143. The van der Waals surface area contributed by atoms with Gasteiger partial charge in [-0.3, -0.25) is 4.79 Å². The van der Waals surface area contributed by atoms with Crippen LogP contribution in [0.5, 0.6) is 0 Å². The summed E-state index contributed by atoms with van der Waals surface area (Å²) < 4.78 is 10.4. The predicted octanol–water partition coefficient (Wildman–Crippen LogP) is 2.27. The lowest BCUT2D eigenvalue weighted by Crippen LogP contribution is -2.50. The summed E-state index contributed by atoms with van der Waals surface area (Å²) in [6, 6.07) is 16.7. The Morgan fingerprint density at radius 3 is 1.97 bits per heavy atom. The highest BCUT2D eigenvalue weighted by Gasteiger charge is 2.25. The third-order valence-corrected chi connectivity index (χ3v) is 4.46. The minimum absolute atomic E-state index is 0.0892. The summed E-state index contributed by atoms with van der Waals surface area (Å²) in [4.78, 5) is 36.9. The van der Waals surface area contributed by atoms with Gasteiger partial charge in [0.05, 0.1) is 0 Å². The summed E-state index contributed by atoms with van der Waals surface area (Å²) in [5, 5.41) is 5.09. The maximum Gasteiger partial charge on any atom is 0.408 e. The average molecular weight is 428 g/mol. The SMILES string of the molecule is C[C@@H](NC(=O)OCc1ccccc1)C(=O)N[C@@H](CCCN)C(=O)OCc1ccccc1. The van der Waals surface area contributed by atoms with Gasteiger partial charge in [0, 0.05) is 0 Å². The zero-order valence-electron chi connectivity index (χ0n) is 17.6. The summed E-state index contributed by atoms with van der Waals surface area (Å²) in [6.45, 7) is 2.08. The van der Waals surface area contributed by atoms with E-state index in [-0.39, 0.29) is 13.2 Å². The zero-order valence-corrected chi connectivity index (χ0v) is 17.6. The van der Waals surface area contributed by atoms with Gasteiger partial charge in [0.1, 0.15) is 25.3 Å². The molecule has 8 nitrogen and oxygen atoms in total. The van der Waals surface area contributed by atoms with E-state index in [2.05, 4.69) is 10.6 Å². The molecule has 0 unspecified atom stereocenters. The van der Waals surface area contributed by atoms with E-state index in [0.717, 1.165) is 11.1 Å². The lowest BCUT2D eigenvalue weighted by atomic mass is 10.1. The molecule has 2 amide bonds. The van der Waals surface area contributed by atoms with Gasteiger partial charge in [0.2, 0.25) is 5.91 Å². The van der Waals surface area contributed by atoms with Crippen LogP contribution in [0.2, 0.25) is 0 Å². The van der Waals surface area contributed by atoms with Crippen molar-refractivity contribution < 1.29 is 23.9 Å². The highest BCUT2D eigenvalue weighted by atomic mass is 16.5. The maximum atomic E-state index is 12.5. The summed E-state index contributed by atoms with van der Waals surface area (Å²) >= 11 is 0. The van der Waals surface area contributed by atoms with Crippen LogP contribution in [-0.4, -0.2) is 36.6 Å². The van der Waals surface area contributed by atoms with Crippen LogP contribution in [0.3, 0.4) is 0 Å². The molecule has 0 radical (unpaired) electrons. The molecule has 2 aromatic rings. The van der Waals surface area contributed by atoms with Gasteiger partial charge >= 0.3 is 12.1 Å². The average Bonchev–Trinajstić information content (AvgIpc) is 2.80. The third kappa shape index (κ3) is 8.88. The van der Waals surface area contributed by atoms with E-state index in [0.29, 0.717) is 19.4 Å². The Balaban J connectivity index is 1.83. The van der Waals surface area contributed by atoms with Gasteiger partial charge in [-0.25, -0.2) is 9.59 Å². The second-order valence-electron chi connectivity index (χ2n) is 7.01. The topological polar surface area (TPSA) is 120 Å². The molecule has 0 aromatic heterocycles. The number of carbonyl (C=O) groups is 3. The van der Waals surface area contributed by atoms with Crippen molar-refractivity contribution in [3.05, 3.63) is 71.8 Å². The Hall–Kier alpha value is -3.39. The minimum atomic E-state index is -0.898. The van der Waals surface area contributed by atoms with Crippen molar-refractivity contribution >= 4 is 18.0 Å². The van der Waals surface area contributed by atoms with Gasteiger partial charge in [-0.2, -0.15) is 0 Å². The third-order valence-electron chi connectivity index (χ3n) is 4.46. The maximum absolute atomic E-state index is 12.5. The first kappa shape index (κ1) is 23.9. The second kappa shape index (κ2) is 13.0. The van der Waals surface area contributed by atoms with E-state index in [1.807, 2.05) is 60.7 Å². The van der Waals surface area contributed by atoms with Crippen LogP contribution >= 0.6 is 0 Å². The molecule has 0 heterocycles. The van der Waals surface area contributed by atoms with Gasteiger partial charge < -0.3 is 25.8 Å². The molecule has 2 aromatic carbocycles. The Morgan fingerprint density at radius 1 is 0.871 bits per heavy atom. The quantitative estimate of drug-likeness (QED) is 0.473. The van der Waals surface area contributed by atoms with E-state index < -0.39 is 30.1 Å². The van der Waals surface area contributed by atoms with E-state index >= 15 is 0 Å². The lowest BCUT2D eigenvalue weighted by Gasteiger charge is -2.20. The number of amides is 2. The second-order valence-corrected chi connectivity index (χ2v) is 7.01. The van der Waals surface area contributed by atoms with Crippen molar-refractivity contribution in [3.63, 3.8) is 0 Å². The van der Waals surface area contributed by atoms with Crippen LogP contribution in [0.4, 0.5) is 4.79 Å². The van der Waals surface area contributed by atoms with Crippen molar-refractivity contribution in [2.24, 2.45) is 5.73 Å². The van der Waals surface area contributed by atoms with Crippen LogP contribution in [-0.2, 0) is 32.3 Å². The standard InChI is InChI=1S/C23H29N3O5/c1-17(25-23(29)31-16-19-11-6-3-7-12-19)21(27)26-20(13-8-14-24)22(28)30-15-18-9-4-2-5-10-18/h2-7,9-12,17,20H,8,13-16,24H2,1H3,(H,25,29)(H,26,27)/t17-,20+/m1/s1. The monoisotopic (exact) mass is 427 g/mol. The summed E-state index contributed by atoms with van der Waals surface area (Å²) in [5.41, 5.74) is 7.22. The Morgan fingerprint density at radius 2 is 1.42 bits per heavy atom. The predicted molar refractivity (Wildman–Crippen MR) is 116 cm³/mol. The molecule has 0 aliphatic carbocycles. The molecule has 0 aliphatic rings. The first-order valence-electron chi connectivity index (χ1n) is 10.2. The Bertz CT molecular complexity index is 830. The minimum Gasteiger partial charge on any atom is -0.459 e.